The van der Waals surface area contributed by atoms with Crippen molar-refractivity contribution < 1.29 is 19.1 Å². The largest absolute Gasteiger partial charge is 0.478 e. The van der Waals surface area contributed by atoms with Crippen molar-refractivity contribution in [3.8, 4) is 0 Å². The highest BCUT2D eigenvalue weighted by Gasteiger charge is 2.14. The summed E-state index contributed by atoms with van der Waals surface area (Å²) in [6.45, 7) is 1.69. The lowest BCUT2D eigenvalue weighted by Gasteiger charge is -2.12. The van der Waals surface area contributed by atoms with Crippen molar-refractivity contribution in [2.45, 2.75) is 13.0 Å². The number of carboxylic acid groups (broad SMARTS) is 1. The molecule has 0 aliphatic rings. The lowest BCUT2D eigenvalue weighted by molar-refractivity contribution is 0.0692. The van der Waals surface area contributed by atoms with Crippen LogP contribution in [0.1, 0.15) is 29.1 Å². The zero-order chi connectivity index (χ0) is 15.4. The molecule has 21 heavy (non-hydrogen) atoms. The minimum atomic E-state index is -1.37. The monoisotopic (exact) mass is 293 g/mol. The first-order chi connectivity index (χ1) is 9.97. The molecule has 0 aliphatic carbocycles. The number of carbonyl (C=O) groups excluding carboxylic acids is 1. The molecule has 1 unspecified atom stereocenters. The van der Waals surface area contributed by atoms with Crippen LogP contribution >= 0.6 is 0 Å². The summed E-state index contributed by atoms with van der Waals surface area (Å²) < 4.78 is 13.5. The predicted octanol–water partition coefficient (Wildman–Crippen LogP) is 1.52. The molecule has 1 atom stereocenters. The molecular formula is C12H12FN5O3. The maximum Gasteiger partial charge on any atom is 0.338 e. The molecule has 1 heterocycles. The Hall–Kier alpha value is -2.97. The maximum atomic E-state index is 13.5. The molecule has 1 aromatic carbocycles. The Balaban J connectivity index is 2.00. The van der Waals surface area contributed by atoms with E-state index in [0.29, 0.717) is 5.82 Å². The van der Waals surface area contributed by atoms with E-state index in [1.54, 1.807) is 6.92 Å². The normalized spacial score (nSPS) is 11.7. The number of rotatable bonds is 4. The summed E-state index contributed by atoms with van der Waals surface area (Å²) in [5.74, 6) is -1.83. The molecule has 0 saturated carbocycles. The quantitative estimate of drug-likeness (QED) is 0.681. The van der Waals surface area contributed by atoms with Crippen LogP contribution in [0.25, 0.3) is 0 Å². The molecular weight excluding hydrogens is 281 g/mol. The first kappa shape index (κ1) is 14.4. The number of hydrogen-bond acceptors (Lipinski definition) is 4. The summed E-state index contributed by atoms with van der Waals surface area (Å²) in [5.41, 5.74) is -0.323. The minimum absolute atomic E-state index is 0.139. The summed E-state index contributed by atoms with van der Waals surface area (Å²) in [6, 6.07) is 2.30. The van der Waals surface area contributed by atoms with Crippen LogP contribution in [0, 0.1) is 5.82 Å². The van der Waals surface area contributed by atoms with E-state index in [1.807, 2.05) is 0 Å². The van der Waals surface area contributed by atoms with Gasteiger partial charge in [0, 0.05) is 5.69 Å². The van der Waals surface area contributed by atoms with Crippen molar-refractivity contribution >= 4 is 17.7 Å². The van der Waals surface area contributed by atoms with E-state index in [-0.39, 0.29) is 5.69 Å². The standard InChI is InChI=1S/C12H12FN5O3/c1-6(10-14-5-15-18-10)16-12(21)17-7-2-3-8(11(19)20)9(13)4-7/h2-6H,1H3,(H,19,20)(H,14,15,18)(H2,16,17,21). The van der Waals surface area contributed by atoms with Crippen LogP contribution in [0.15, 0.2) is 24.5 Å². The van der Waals surface area contributed by atoms with Crippen LogP contribution < -0.4 is 10.6 Å². The van der Waals surface area contributed by atoms with Crippen molar-refractivity contribution in [3.05, 3.63) is 41.7 Å². The van der Waals surface area contributed by atoms with E-state index < -0.39 is 29.4 Å². The van der Waals surface area contributed by atoms with Crippen molar-refractivity contribution in [2.24, 2.45) is 0 Å². The van der Waals surface area contributed by atoms with Crippen LogP contribution in [0.4, 0.5) is 14.9 Å². The van der Waals surface area contributed by atoms with Crippen LogP contribution in [0.3, 0.4) is 0 Å². The van der Waals surface area contributed by atoms with Gasteiger partial charge in [-0.05, 0) is 25.1 Å². The highest BCUT2D eigenvalue weighted by Crippen LogP contribution is 2.15. The summed E-state index contributed by atoms with van der Waals surface area (Å²) in [6.07, 6.45) is 1.31. The zero-order valence-corrected chi connectivity index (χ0v) is 10.9. The molecule has 0 aliphatic heterocycles. The number of carbonyl (C=O) groups is 2. The smallest absolute Gasteiger partial charge is 0.338 e. The van der Waals surface area contributed by atoms with E-state index in [0.717, 1.165) is 12.1 Å². The first-order valence-corrected chi connectivity index (χ1v) is 5.93. The number of aromatic carboxylic acids is 1. The highest BCUT2D eigenvalue weighted by molar-refractivity contribution is 5.91. The molecule has 0 bridgehead atoms. The summed E-state index contributed by atoms with van der Waals surface area (Å²) in [4.78, 5) is 26.3. The fraction of sp³-hybridized carbons (Fsp3) is 0.167. The summed E-state index contributed by atoms with van der Waals surface area (Å²) >= 11 is 0. The topological polar surface area (TPSA) is 120 Å². The second-order valence-electron chi connectivity index (χ2n) is 4.19. The van der Waals surface area contributed by atoms with Crippen molar-refractivity contribution in [1.82, 2.24) is 20.5 Å². The molecule has 0 radical (unpaired) electrons. The number of hydrogen-bond donors (Lipinski definition) is 4. The fourth-order valence-corrected chi connectivity index (χ4v) is 1.62. The van der Waals surface area contributed by atoms with Gasteiger partial charge in [-0.25, -0.2) is 19.0 Å². The van der Waals surface area contributed by atoms with Crippen LogP contribution in [0.5, 0.6) is 0 Å². The molecule has 0 spiro atoms. The summed E-state index contributed by atoms with van der Waals surface area (Å²) in [7, 11) is 0. The minimum Gasteiger partial charge on any atom is -0.478 e. The Bertz CT molecular complexity index is 659. The lowest BCUT2D eigenvalue weighted by atomic mass is 10.2. The molecule has 9 heteroatoms. The number of amides is 2. The molecule has 2 aromatic rings. The van der Waals surface area contributed by atoms with Gasteiger partial charge in [-0.1, -0.05) is 0 Å². The van der Waals surface area contributed by atoms with Gasteiger partial charge in [-0.3, -0.25) is 5.10 Å². The first-order valence-electron chi connectivity index (χ1n) is 5.93. The second-order valence-corrected chi connectivity index (χ2v) is 4.19. The Morgan fingerprint density at radius 1 is 1.43 bits per heavy atom. The number of halogens is 1. The number of nitrogens with one attached hydrogen (secondary N) is 3. The Morgan fingerprint density at radius 2 is 2.19 bits per heavy atom. The number of urea groups is 1. The van der Waals surface area contributed by atoms with E-state index in [1.165, 1.54) is 12.4 Å². The molecule has 0 saturated heterocycles. The van der Waals surface area contributed by atoms with E-state index in [9.17, 15) is 14.0 Å². The van der Waals surface area contributed by atoms with Crippen LogP contribution in [0.2, 0.25) is 0 Å². The number of carboxylic acids is 1. The second kappa shape index (κ2) is 5.99. The highest BCUT2D eigenvalue weighted by atomic mass is 19.1. The number of aromatic nitrogens is 3. The number of H-pyrrole nitrogens is 1. The molecule has 110 valence electrons. The third kappa shape index (κ3) is 3.53. The van der Waals surface area contributed by atoms with Gasteiger partial charge in [-0.2, -0.15) is 5.10 Å². The number of nitrogens with zero attached hydrogens (tertiary/aromatic N) is 2. The zero-order valence-electron chi connectivity index (χ0n) is 10.9. The van der Waals surface area contributed by atoms with Gasteiger partial charge < -0.3 is 15.7 Å². The summed E-state index contributed by atoms with van der Waals surface area (Å²) in [5, 5.41) is 19.9. The van der Waals surface area contributed by atoms with Crippen molar-refractivity contribution in [1.29, 1.82) is 0 Å². The average Bonchev–Trinajstić information content (AvgIpc) is 2.91. The van der Waals surface area contributed by atoms with E-state index in [2.05, 4.69) is 25.8 Å². The van der Waals surface area contributed by atoms with E-state index >= 15 is 0 Å². The molecule has 0 fully saturated rings. The van der Waals surface area contributed by atoms with Gasteiger partial charge in [0.05, 0.1) is 11.6 Å². The number of anilines is 1. The Morgan fingerprint density at radius 3 is 2.76 bits per heavy atom. The predicted molar refractivity (Wildman–Crippen MR) is 70.3 cm³/mol. The van der Waals surface area contributed by atoms with Crippen LogP contribution in [-0.4, -0.2) is 32.3 Å². The molecule has 1 aromatic heterocycles. The maximum absolute atomic E-state index is 13.5. The van der Waals surface area contributed by atoms with Gasteiger partial charge in [0.15, 0.2) is 0 Å². The third-order valence-corrected chi connectivity index (χ3v) is 2.65. The Labute approximate surface area is 118 Å². The van der Waals surface area contributed by atoms with Crippen LogP contribution in [-0.2, 0) is 0 Å². The molecule has 4 N–H and O–H groups in total. The van der Waals surface area contributed by atoms with E-state index in [4.69, 9.17) is 5.11 Å². The lowest BCUT2D eigenvalue weighted by Crippen LogP contribution is -2.31. The number of benzene rings is 1. The van der Waals surface area contributed by atoms with Crippen molar-refractivity contribution in [2.75, 3.05) is 5.32 Å². The van der Waals surface area contributed by atoms with Crippen molar-refractivity contribution in [3.63, 3.8) is 0 Å². The SMILES string of the molecule is CC(NC(=O)Nc1ccc(C(=O)O)c(F)c1)c1ncn[nH]1. The molecule has 2 rings (SSSR count). The number of aromatic amines is 1. The van der Waals surface area contributed by atoms with Gasteiger partial charge in [0.25, 0.3) is 0 Å². The average molecular weight is 293 g/mol. The Kier molecular flexibility index (Phi) is 4.12. The van der Waals surface area contributed by atoms with Gasteiger partial charge in [0.2, 0.25) is 0 Å². The molecule has 2 amide bonds. The molecule has 8 nitrogen and oxygen atoms in total. The van der Waals surface area contributed by atoms with Gasteiger partial charge in [-0.15, -0.1) is 0 Å². The fourth-order valence-electron chi connectivity index (χ4n) is 1.62. The van der Waals surface area contributed by atoms with Gasteiger partial charge >= 0.3 is 12.0 Å². The van der Waals surface area contributed by atoms with Gasteiger partial charge in [0.1, 0.15) is 18.0 Å². The third-order valence-electron chi connectivity index (χ3n) is 2.65.